The number of methoxy groups -OCH3 is 1. The highest BCUT2D eigenvalue weighted by atomic mass is 16.5. The van der Waals surface area contributed by atoms with Gasteiger partial charge in [-0.25, -0.2) is 0 Å². The Balaban J connectivity index is 1.93. The van der Waals surface area contributed by atoms with Gasteiger partial charge >= 0.3 is 0 Å². The molecule has 4 heteroatoms. The van der Waals surface area contributed by atoms with Gasteiger partial charge in [-0.3, -0.25) is 4.79 Å². The van der Waals surface area contributed by atoms with E-state index in [0.717, 1.165) is 30.9 Å². The lowest BCUT2D eigenvalue weighted by Crippen LogP contribution is -2.51. The number of amides is 1. The molecule has 1 aliphatic heterocycles. The van der Waals surface area contributed by atoms with E-state index in [1.54, 1.807) is 7.11 Å². The Labute approximate surface area is 108 Å². The molecule has 4 nitrogen and oxygen atoms in total. The maximum Gasteiger partial charge on any atom is 0.227 e. The van der Waals surface area contributed by atoms with Crippen LogP contribution in [0.4, 0.5) is 0 Å². The van der Waals surface area contributed by atoms with Crippen molar-refractivity contribution in [1.29, 1.82) is 0 Å². The zero-order valence-corrected chi connectivity index (χ0v) is 11.0. The number of rotatable bonds is 3. The maximum absolute atomic E-state index is 12.1. The monoisotopic (exact) mass is 248 g/mol. The molecule has 1 aromatic carbocycles. The molecule has 1 fully saturated rings. The van der Waals surface area contributed by atoms with Gasteiger partial charge < -0.3 is 15.0 Å². The predicted molar refractivity (Wildman–Crippen MR) is 70.7 cm³/mol. The Hall–Kier alpha value is -1.55. The molecule has 1 unspecified atom stereocenters. The molecule has 0 radical (unpaired) electrons. The van der Waals surface area contributed by atoms with Gasteiger partial charge in [-0.1, -0.05) is 12.1 Å². The van der Waals surface area contributed by atoms with Gasteiger partial charge in [-0.15, -0.1) is 0 Å². The first-order valence-electron chi connectivity index (χ1n) is 6.33. The molecule has 1 N–H and O–H groups in total. The molecule has 1 atom stereocenters. The molecule has 0 spiro atoms. The zero-order valence-electron chi connectivity index (χ0n) is 11.0. The third-order valence-electron chi connectivity index (χ3n) is 3.24. The van der Waals surface area contributed by atoms with Crippen LogP contribution in [0.2, 0.25) is 0 Å². The van der Waals surface area contributed by atoms with Crippen molar-refractivity contribution in [3.05, 3.63) is 29.8 Å². The van der Waals surface area contributed by atoms with Crippen LogP contribution < -0.4 is 10.1 Å². The zero-order chi connectivity index (χ0) is 13.0. The maximum atomic E-state index is 12.1. The van der Waals surface area contributed by atoms with Gasteiger partial charge in [0.2, 0.25) is 5.91 Å². The molecule has 2 rings (SSSR count). The van der Waals surface area contributed by atoms with Gasteiger partial charge in [-0.05, 0) is 24.6 Å². The molecule has 1 saturated heterocycles. The molecule has 18 heavy (non-hydrogen) atoms. The van der Waals surface area contributed by atoms with Crippen molar-refractivity contribution in [1.82, 2.24) is 10.2 Å². The Morgan fingerprint density at radius 3 is 2.78 bits per heavy atom. The van der Waals surface area contributed by atoms with Crippen molar-refractivity contribution in [2.45, 2.75) is 19.4 Å². The summed E-state index contributed by atoms with van der Waals surface area (Å²) in [6, 6.07) is 8.06. The Morgan fingerprint density at radius 1 is 1.44 bits per heavy atom. The number of carbonyl (C=O) groups is 1. The van der Waals surface area contributed by atoms with Gasteiger partial charge in [0.15, 0.2) is 0 Å². The lowest BCUT2D eigenvalue weighted by molar-refractivity contribution is -0.131. The highest BCUT2D eigenvalue weighted by Gasteiger charge is 2.20. The van der Waals surface area contributed by atoms with Gasteiger partial charge in [-0.2, -0.15) is 0 Å². The fourth-order valence-electron chi connectivity index (χ4n) is 2.19. The molecule has 98 valence electrons. The van der Waals surface area contributed by atoms with E-state index in [4.69, 9.17) is 4.74 Å². The average Bonchev–Trinajstić information content (AvgIpc) is 2.39. The number of nitrogens with one attached hydrogen (secondary N) is 1. The smallest absolute Gasteiger partial charge is 0.227 e. The van der Waals surface area contributed by atoms with Crippen molar-refractivity contribution in [2.24, 2.45) is 0 Å². The van der Waals surface area contributed by atoms with Crippen molar-refractivity contribution in [3.63, 3.8) is 0 Å². The minimum absolute atomic E-state index is 0.202. The number of hydrogen-bond acceptors (Lipinski definition) is 3. The first kappa shape index (κ1) is 12.9. The number of carbonyl (C=O) groups excluding carboxylic acids is 1. The van der Waals surface area contributed by atoms with Gasteiger partial charge in [0.1, 0.15) is 5.75 Å². The van der Waals surface area contributed by atoms with Crippen molar-refractivity contribution in [3.8, 4) is 5.75 Å². The first-order valence-corrected chi connectivity index (χ1v) is 6.33. The summed E-state index contributed by atoms with van der Waals surface area (Å²) < 4.78 is 5.10. The van der Waals surface area contributed by atoms with E-state index < -0.39 is 0 Å². The quantitative estimate of drug-likeness (QED) is 0.869. The topological polar surface area (TPSA) is 41.6 Å². The minimum atomic E-state index is 0.202. The minimum Gasteiger partial charge on any atom is -0.497 e. The van der Waals surface area contributed by atoms with Crippen LogP contribution in [-0.2, 0) is 11.2 Å². The van der Waals surface area contributed by atoms with Crippen LogP contribution in [-0.4, -0.2) is 43.6 Å². The SMILES string of the molecule is COc1ccc(CC(=O)N2CCNC(C)C2)cc1. The van der Waals surface area contributed by atoms with Crippen molar-refractivity contribution in [2.75, 3.05) is 26.7 Å². The summed E-state index contributed by atoms with van der Waals surface area (Å²) in [6.07, 6.45) is 0.469. The third-order valence-corrected chi connectivity index (χ3v) is 3.24. The highest BCUT2D eigenvalue weighted by Crippen LogP contribution is 2.12. The average molecular weight is 248 g/mol. The summed E-state index contributed by atoms with van der Waals surface area (Å²) in [6.45, 7) is 4.59. The third kappa shape index (κ3) is 3.23. The summed E-state index contributed by atoms with van der Waals surface area (Å²) in [7, 11) is 1.64. The summed E-state index contributed by atoms with van der Waals surface area (Å²) in [4.78, 5) is 14.1. The van der Waals surface area contributed by atoms with E-state index in [1.165, 1.54) is 0 Å². The fraction of sp³-hybridized carbons (Fsp3) is 0.500. The second-order valence-corrected chi connectivity index (χ2v) is 4.72. The number of benzene rings is 1. The fourth-order valence-corrected chi connectivity index (χ4v) is 2.19. The van der Waals surface area contributed by atoms with Crippen LogP contribution in [0, 0.1) is 0 Å². The van der Waals surface area contributed by atoms with Gasteiger partial charge in [0, 0.05) is 25.7 Å². The Kier molecular flexibility index (Phi) is 4.20. The van der Waals surface area contributed by atoms with E-state index in [-0.39, 0.29) is 5.91 Å². The number of piperazine rings is 1. The lowest BCUT2D eigenvalue weighted by Gasteiger charge is -2.32. The van der Waals surface area contributed by atoms with E-state index >= 15 is 0 Å². The summed E-state index contributed by atoms with van der Waals surface area (Å²) in [5.74, 6) is 1.02. The summed E-state index contributed by atoms with van der Waals surface area (Å²) in [5, 5.41) is 3.34. The van der Waals surface area contributed by atoms with Crippen molar-refractivity contribution < 1.29 is 9.53 Å². The summed E-state index contributed by atoms with van der Waals surface area (Å²) in [5.41, 5.74) is 1.03. The number of nitrogens with zero attached hydrogens (tertiary/aromatic N) is 1. The number of ether oxygens (including phenoxy) is 1. The van der Waals surface area contributed by atoms with Crippen LogP contribution in [0.3, 0.4) is 0 Å². The van der Waals surface area contributed by atoms with E-state index in [9.17, 15) is 4.79 Å². The molecular formula is C14H20N2O2. The Bertz CT molecular complexity index is 403. The molecular weight excluding hydrogens is 228 g/mol. The van der Waals surface area contributed by atoms with E-state index in [1.807, 2.05) is 29.2 Å². The van der Waals surface area contributed by atoms with Gasteiger partial charge in [0.25, 0.3) is 0 Å². The molecule has 0 aliphatic carbocycles. The van der Waals surface area contributed by atoms with Crippen LogP contribution in [0.5, 0.6) is 5.75 Å². The summed E-state index contributed by atoms with van der Waals surface area (Å²) >= 11 is 0. The molecule has 1 heterocycles. The number of hydrogen-bond donors (Lipinski definition) is 1. The Morgan fingerprint density at radius 2 is 2.17 bits per heavy atom. The molecule has 1 amide bonds. The van der Waals surface area contributed by atoms with E-state index in [0.29, 0.717) is 12.5 Å². The van der Waals surface area contributed by atoms with Crippen LogP contribution in [0.15, 0.2) is 24.3 Å². The second kappa shape index (κ2) is 5.87. The second-order valence-electron chi connectivity index (χ2n) is 4.72. The highest BCUT2D eigenvalue weighted by molar-refractivity contribution is 5.79. The molecule has 0 saturated carbocycles. The lowest BCUT2D eigenvalue weighted by atomic mass is 10.1. The molecule has 0 bridgehead atoms. The molecule has 1 aromatic rings. The van der Waals surface area contributed by atoms with Crippen molar-refractivity contribution >= 4 is 5.91 Å². The van der Waals surface area contributed by atoms with Crippen LogP contribution in [0.25, 0.3) is 0 Å². The first-order chi connectivity index (χ1) is 8.69. The standard InChI is InChI=1S/C14H20N2O2/c1-11-10-16(8-7-15-11)14(17)9-12-3-5-13(18-2)6-4-12/h3-6,11,15H,7-10H2,1-2H3. The molecule has 0 aromatic heterocycles. The normalized spacial score (nSPS) is 19.7. The van der Waals surface area contributed by atoms with Crippen LogP contribution in [0.1, 0.15) is 12.5 Å². The molecule has 1 aliphatic rings. The van der Waals surface area contributed by atoms with E-state index in [2.05, 4.69) is 12.2 Å². The largest absolute Gasteiger partial charge is 0.497 e. The van der Waals surface area contributed by atoms with Gasteiger partial charge in [0.05, 0.1) is 13.5 Å². The van der Waals surface area contributed by atoms with Crippen LogP contribution >= 0.6 is 0 Å². The predicted octanol–water partition coefficient (Wildman–Crippen LogP) is 1.06.